The molecule has 0 bridgehead atoms. The number of hydrogen-bond donors (Lipinski definition) is 2. The SMILES string of the molecule is COCCN(C)CCNC(=O)CCC(CCN)C(C)C. The summed E-state index contributed by atoms with van der Waals surface area (Å²) in [7, 11) is 3.73. The number of carbonyl (C=O) groups excluding carboxylic acids is 1. The number of rotatable bonds is 12. The van der Waals surface area contributed by atoms with Gasteiger partial charge in [0.2, 0.25) is 5.91 Å². The summed E-state index contributed by atoms with van der Waals surface area (Å²) in [6.07, 6.45) is 2.54. The van der Waals surface area contributed by atoms with E-state index < -0.39 is 0 Å². The Morgan fingerprint density at radius 1 is 1.30 bits per heavy atom. The van der Waals surface area contributed by atoms with Crippen LogP contribution in [-0.4, -0.2) is 57.8 Å². The second kappa shape index (κ2) is 12.1. The van der Waals surface area contributed by atoms with E-state index in [2.05, 4.69) is 24.1 Å². The first-order valence-corrected chi connectivity index (χ1v) is 7.65. The van der Waals surface area contributed by atoms with E-state index in [0.29, 0.717) is 31.3 Å². The van der Waals surface area contributed by atoms with Crippen LogP contribution in [0.25, 0.3) is 0 Å². The van der Waals surface area contributed by atoms with Gasteiger partial charge in [0.05, 0.1) is 6.61 Å². The van der Waals surface area contributed by atoms with Crippen LogP contribution in [0.15, 0.2) is 0 Å². The van der Waals surface area contributed by atoms with Gasteiger partial charge in [0.15, 0.2) is 0 Å². The molecule has 0 heterocycles. The summed E-state index contributed by atoms with van der Waals surface area (Å²) >= 11 is 0. The number of nitrogens with one attached hydrogen (secondary N) is 1. The van der Waals surface area contributed by atoms with Crippen molar-refractivity contribution in [1.29, 1.82) is 0 Å². The highest BCUT2D eigenvalue weighted by atomic mass is 16.5. The fraction of sp³-hybridized carbons (Fsp3) is 0.933. The van der Waals surface area contributed by atoms with Crippen molar-refractivity contribution >= 4 is 5.91 Å². The predicted molar refractivity (Wildman–Crippen MR) is 83.6 cm³/mol. The molecule has 1 atom stereocenters. The lowest BCUT2D eigenvalue weighted by atomic mass is 9.88. The molecule has 0 aromatic carbocycles. The van der Waals surface area contributed by atoms with E-state index in [9.17, 15) is 4.79 Å². The Bertz CT molecular complexity index is 247. The van der Waals surface area contributed by atoms with Crippen LogP contribution in [0, 0.1) is 11.8 Å². The molecule has 0 aromatic rings. The standard InChI is InChI=1S/C15H33N3O2/c1-13(2)14(7-8-16)5-6-15(19)17-9-10-18(3)11-12-20-4/h13-14H,5-12,16H2,1-4H3,(H,17,19). The van der Waals surface area contributed by atoms with E-state index in [1.165, 1.54) is 0 Å². The Kier molecular flexibility index (Phi) is 11.7. The Morgan fingerprint density at radius 2 is 2.00 bits per heavy atom. The van der Waals surface area contributed by atoms with Crippen LogP contribution in [0.5, 0.6) is 0 Å². The molecule has 0 aliphatic carbocycles. The second-order valence-electron chi connectivity index (χ2n) is 5.77. The molecule has 20 heavy (non-hydrogen) atoms. The van der Waals surface area contributed by atoms with E-state index in [0.717, 1.165) is 32.5 Å². The zero-order chi connectivity index (χ0) is 15.4. The summed E-state index contributed by atoms with van der Waals surface area (Å²) in [6, 6.07) is 0. The van der Waals surface area contributed by atoms with Crippen LogP contribution in [-0.2, 0) is 9.53 Å². The third-order valence-electron chi connectivity index (χ3n) is 3.72. The van der Waals surface area contributed by atoms with Gasteiger partial charge in [-0.2, -0.15) is 0 Å². The molecule has 0 rings (SSSR count). The number of ether oxygens (including phenoxy) is 1. The number of carbonyl (C=O) groups is 1. The van der Waals surface area contributed by atoms with E-state index in [1.54, 1.807) is 7.11 Å². The molecule has 0 aliphatic heterocycles. The first-order valence-electron chi connectivity index (χ1n) is 7.65. The van der Waals surface area contributed by atoms with Gasteiger partial charge in [0, 0.05) is 33.2 Å². The molecule has 0 saturated heterocycles. The van der Waals surface area contributed by atoms with Gasteiger partial charge in [-0.1, -0.05) is 13.8 Å². The lowest BCUT2D eigenvalue weighted by Crippen LogP contribution is -2.34. The topological polar surface area (TPSA) is 67.6 Å². The highest BCUT2D eigenvalue weighted by molar-refractivity contribution is 5.75. The predicted octanol–water partition coefficient (Wildman–Crippen LogP) is 1.08. The van der Waals surface area contributed by atoms with Gasteiger partial charge in [-0.05, 0) is 38.3 Å². The first-order chi connectivity index (χ1) is 9.51. The normalized spacial score (nSPS) is 12.9. The maximum absolute atomic E-state index is 11.8. The highest BCUT2D eigenvalue weighted by Gasteiger charge is 2.14. The molecule has 0 saturated carbocycles. The number of nitrogens with zero attached hydrogens (tertiary/aromatic N) is 1. The zero-order valence-corrected chi connectivity index (χ0v) is 13.7. The summed E-state index contributed by atoms with van der Waals surface area (Å²) in [5, 5.41) is 2.97. The molecular weight excluding hydrogens is 254 g/mol. The van der Waals surface area contributed by atoms with Crippen molar-refractivity contribution in [3.63, 3.8) is 0 Å². The van der Waals surface area contributed by atoms with Crippen LogP contribution >= 0.6 is 0 Å². The van der Waals surface area contributed by atoms with E-state index in [1.807, 2.05) is 7.05 Å². The maximum atomic E-state index is 11.8. The van der Waals surface area contributed by atoms with E-state index in [4.69, 9.17) is 10.5 Å². The Balaban J connectivity index is 3.72. The summed E-state index contributed by atoms with van der Waals surface area (Å²) in [4.78, 5) is 13.9. The molecule has 0 aromatic heterocycles. The minimum atomic E-state index is 0.146. The van der Waals surface area contributed by atoms with Gasteiger partial charge < -0.3 is 20.7 Å². The molecule has 0 radical (unpaired) electrons. The zero-order valence-electron chi connectivity index (χ0n) is 13.7. The van der Waals surface area contributed by atoms with Crippen LogP contribution in [0.4, 0.5) is 0 Å². The molecule has 0 spiro atoms. The molecule has 0 fully saturated rings. The van der Waals surface area contributed by atoms with Crippen LogP contribution in [0.3, 0.4) is 0 Å². The van der Waals surface area contributed by atoms with E-state index >= 15 is 0 Å². The maximum Gasteiger partial charge on any atom is 0.220 e. The second-order valence-corrected chi connectivity index (χ2v) is 5.77. The minimum absolute atomic E-state index is 0.146. The molecular formula is C15H33N3O2. The van der Waals surface area contributed by atoms with Crippen molar-refractivity contribution in [2.75, 3.05) is 46.9 Å². The molecule has 5 heteroatoms. The lowest BCUT2D eigenvalue weighted by Gasteiger charge is -2.20. The Morgan fingerprint density at radius 3 is 2.55 bits per heavy atom. The summed E-state index contributed by atoms with van der Waals surface area (Å²) in [5.41, 5.74) is 5.61. The van der Waals surface area contributed by atoms with Gasteiger partial charge in [0.25, 0.3) is 0 Å². The first kappa shape index (κ1) is 19.4. The lowest BCUT2D eigenvalue weighted by molar-refractivity contribution is -0.121. The molecule has 120 valence electrons. The summed E-state index contributed by atoms with van der Waals surface area (Å²) < 4.78 is 5.01. The minimum Gasteiger partial charge on any atom is -0.383 e. The van der Waals surface area contributed by atoms with Crippen molar-refractivity contribution in [2.45, 2.75) is 33.1 Å². The monoisotopic (exact) mass is 287 g/mol. The highest BCUT2D eigenvalue weighted by Crippen LogP contribution is 2.20. The summed E-state index contributed by atoms with van der Waals surface area (Å²) in [6.45, 7) is 8.26. The molecule has 0 aliphatic rings. The number of hydrogen-bond acceptors (Lipinski definition) is 4. The number of methoxy groups -OCH3 is 1. The quantitative estimate of drug-likeness (QED) is 0.564. The van der Waals surface area contributed by atoms with Gasteiger partial charge in [0.1, 0.15) is 0 Å². The number of amides is 1. The van der Waals surface area contributed by atoms with Crippen molar-refractivity contribution in [2.24, 2.45) is 17.6 Å². The average Bonchev–Trinajstić information content (AvgIpc) is 2.40. The average molecular weight is 287 g/mol. The largest absolute Gasteiger partial charge is 0.383 e. The fourth-order valence-corrected chi connectivity index (χ4v) is 2.18. The van der Waals surface area contributed by atoms with Gasteiger partial charge in [-0.25, -0.2) is 0 Å². The smallest absolute Gasteiger partial charge is 0.220 e. The number of likely N-dealkylation sites (N-methyl/N-ethyl adjacent to an activating group) is 1. The van der Waals surface area contributed by atoms with Crippen molar-refractivity contribution in [3.8, 4) is 0 Å². The van der Waals surface area contributed by atoms with Crippen molar-refractivity contribution < 1.29 is 9.53 Å². The molecule has 1 unspecified atom stereocenters. The van der Waals surface area contributed by atoms with Gasteiger partial charge in [-0.15, -0.1) is 0 Å². The fourth-order valence-electron chi connectivity index (χ4n) is 2.18. The van der Waals surface area contributed by atoms with Gasteiger partial charge in [-0.3, -0.25) is 4.79 Å². The van der Waals surface area contributed by atoms with Crippen molar-refractivity contribution in [1.82, 2.24) is 10.2 Å². The molecule has 5 nitrogen and oxygen atoms in total. The van der Waals surface area contributed by atoms with Gasteiger partial charge >= 0.3 is 0 Å². The van der Waals surface area contributed by atoms with Crippen LogP contribution < -0.4 is 11.1 Å². The third-order valence-corrected chi connectivity index (χ3v) is 3.72. The molecule has 1 amide bonds. The Hall–Kier alpha value is -0.650. The van der Waals surface area contributed by atoms with E-state index in [-0.39, 0.29) is 5.91 Å². The summed E-state index contributed by atoms with van der Waals surface area (Å²) in [5.74, 6) is 1.29. The molecule has 3 N–H and O–H groups in total. The van der Waals surface area contributed by atoms with Crippen molar-refractivity contribution in [3.05, 3.63) is 0 Å². The Labute approximate surface area is 124 Å². The van der Waals surface area contributed by atoms with Crippen LogP contribution in [0.2, 0.25) is 0 Å². The number of nitrogens with two attached hydrogens (primary N) is 1. The third kappa shape index (κ3) is 10.2. The van der Waals surface area contributed by atoms with Crippen LogP contribution in [0.1, 0.15) is 33.1 Å².